The topological polar surface area (TPSA) is 64.6 Å². The Morgan fingerprint density at radius 1 is 1.05 bits per heavy atom. The first-order valence-electron chi connectivity index (χ1n) is 6.56. The van der Waals surface area contributed by atoms with E-state index in [-0.39, 0.29) is 4.90 Å². The Kier molecular flexibility index (Phi) is 5.06. The minimum Gasteiger partial charge on any atom is -0.497 e. The molecule has 0 atom stereocenters. The Hall–Kier alpha value is -2.47. The normalized spacial score (nSPS) is 10.8. The number of hydrogen-bond donors (Lipinski definition) is 1. The average Bonchev–Trinajstić information content (AvgIpc) is 2.54. The van der Waals surface area contributed by atoms with Crippen LogP contribution in [0.25, 0.3) is 0 Å². The minimum absolute atomic E-state index is 0.167. The molecule has 2 aromatic rings. The van der Waals surface area contributed by atoms with Gasteiger partial charge >= 0.3 is 0 Å². The molecule has 0 aliphatic carbocycles. The van der Waals surface area contributed by atoms with Gasteiger partial charge in [0.05, 0.1) is 12.0 Å². The lowest BCUT2D eigenvalue weighted by Crippen LogP contribution is -2.12. The van der Waals surface area contributed by atoms with Crippen LogP contribution in [0.2, 0.25) is 0 Å². The number of ether oxygens (including phenoxy) is 2. The third-order valence-corrected chi connectivity index (χ3v) is 4.24. The molecule has 0 fully saturated rings. The molecule has 0 aliphatic rings. The van der Waals surface area contributed by atoms with Crippen LogP contribution in [0, 0.1) is 0 Å². The van der Waals surface area contributed by atoms with Crippen molar-refractivity contribution in [2.75, 3.05) is 18.4 Å². The standard InChI is InChI=1S/C16H17NO4S/c1-3-12-21-15-6-4-13(5-7-15)17-22(18,19)16-10-8-14(20-2)9-11-16/h3-11,17H,1,12H2,2H3. The summed E-state index contributed by atoms with van der Waals surface area (Å²) in [7, 11) is -2.11. The van der Waals surface area contributed by atoms with Gasteiger partial charge in [-0.3, -0.25) is 4.72 Å². The van der Waals surface area contributed by atoms with E-state index in [1.165, 1.54) is 19.2 Å². The summed E-state index contributed by atoms with van der Waals surface area (Å²) in [4.78, 5) is 0.167. The van der Waals surface area contributed by atoms with Gasteiger partial charge in [-0.05, 0) is 48.5 Å². The van der Waals surface area contributed by atoms with Crippen molar-refractivity contribution in [3.05, 3.63) is 61.2 Å². The molecule has 116 valence electrons. The fourth-order valence-electron chi connectivity index (χ4n) is 1.74. The smallest absolute Gasteiger partial charge is 0.261 e. The largest absolute Gasteiger partial charge is 0.497 e. The van der Waals surface area contributed by atoms with Crippen LogP contribution in [0.15, 0.2) is 66.1 Å². The molecule has 2 rings (SSSR count). The lowest BCUT2D eigenvalue weighted by atomic mass is 10.3. The molecule has 6 heteroatoms. The SMILES string of the molecule is C=CCOc1ccc(NS(=O)(=O)c2ccc(OC)cc2)cc1. The molecular formula is C16H17NO4S. The van der Waals surface area contributed by atoms with E-state index in [9.17, 15) is 8.42 Å². The van der Waals surface area contributed by atoms with Gasteiger partial charge in [0.25, 0.3) is 10.0 Å². The van der Waals surface area contributed by atoms with E-state index in [1.54, 1.807) is 42.5 Å². The van der Waals surface area contributed by atoms with E-state index in [1.807, 2.05) is 0 Å². The van der Waals surface area contributed by atoms with E-state index in [0.29, 0.717) is 23.8 Å². The summed E-state index contributed by atoms with van der Waals surface area (Å²) in [6.07, 6.45) is 1.64. The van der Waals surface area contributed by atoms with E-state index < -0.39 is 10.0 Å². The Morgan fingerprint density at radius 2 is 1.64 bits per heavy atom. The number of rotatable bonds is 7. The third-order valence-electron chi connectivity index (χ3n) is 2.84. The van der Waals surface area contributed by atoms with Crippen LogP contribution in [0.3, 0.4) is 0 Å². The summed E-state index contributed by atoms with van der Waals surface area (Å²) >= 11 is 0. The molecule has 0 unspecified atom stereocenters. The molecular weight excluding hydrogens is 302 g/mol. The van der Waals surface area contributed by atoms with E-state index in [2.05, 4.69) is 11.3 Å². The van der Waals surface area contributed by atoms with Crippen molar-refractivity contribution in [2.24, 2.45) is 0 Å². The van der Waals surface area contributed by atoms with Crippen LogP contribution >= 0.6 is 0 Å². The molecule has 0 amide bonds. The molecule has 2 aromatic carbocycles. The fourth-order valence-corrected chi connectivity index (χ4v) is 2.80. The number of sulfonamides is 1. The molecule has 0 saturated heterocycles. The lowest BCUT2D eigenvalue weighted by Gasteiger charge is -2.09. The lowest BCUT2D eigenvalue weighted by molar-refractivity contribution is 0.363. The second-order valence-corrected chi connectivity index (χ2v) is 6.09. The van der Waals surface area contributed by atoms with Crippen LogP contribution in [0.5, 0.6) is 11.5 Å². The number of anilines is 1. The maximum absolute atomic E-state index is 12.3. The Balaban J connectivity index is 2.12. The van der Waals surface area contributed by atoms with Crippen LogP contribution in [0.1, 0.15) is 0 Å². The monoisotopic (exact) mass is 319 g/mol. The molecule has 0 aliphatic heterocycles. The number of hydrogen-bond acceptors (Lipinski definition) is 4. The van der Waals surface area contributed by atoms with E-state index in [4.69, 9.17) is 9.47 Å². The highest BCUT2D eigenvalue weighted by Gasteiger charge is 2.14. The van der Waals surface area contributed by atoms with Crippen molar-refractivity contribution in [1.29, 1.82) is 0 Å². The van der Waals surface area contributed by atoms with Crippen LogP contribution in [-0.4, -0.2) is 22.1 Å². The summed E-state index contributed by atoms with van der Waals surface area (Å²) in [6, 6.07) is 12.8. The van der Waals surface area contributed by atoms with Gasteiger partial charge in [-0.15, -0.1) is 0 Å². The summed E-state index contributed by atoms with van der Waals surface area (Å²) in [5, 5.41) is 0. The predicted octanol–water partition coefficient (Wildman–Crippen LogP) is 3.06. The van der Waals surface area contributed by atoms with Crippen LogP contribution in [0.4, 0.5) is 5.69 Å². The van der Waals surface area contributed by atoms with Gasteiger partial charge in [0.15, 0.2) is 0 Å². The van der Waals surface area contributed by atoms with Gasteiger partial charge in [0, 0.05) is 5.69 Å². The van der Waals surface area contributed by atoms with Gasteiger partial charge in [0.1, 0.15) is 18.1 Å². The minimum atomic E-state index is -3.63. The molecule has 22 heavy (non-hydrogen) atoms. The Morgan fingerprint density at radius 3 is 2.18 bits per heavy atom. The van der Waals surface area contributed by atoms with E-state index in [0.717, 1.165) is 0 Å². The Labute approximate surface area is 130 Å². The average molecular weight is 319 g/mol. The summed E-state index contributed by atoms with van der Waals surface area (Å²) < 4.78 is 37.4. The van der Waals surface area contributed by atoms with Gasteiger partial charge in [-0.25, -0.2) is 8.42 Å². The number of nitrogens with one attached hydrogen (secondary N) is 1. The maximum atomic E-state index is 12.3. The van der Waals surface area contributed by atoms with E-state index >= 15 is 0 Å². The third kappa shape index (κ3) is 4.02. The van der Waals surface area contributed by atoms with Gasteiger partial charge in [-0.1, -0.05) is 12.7 Å². The zero-order chi connectivity index (χ0) is 16.0. The summed E-state index contributed by atoms with van der Waals surface area (Å²) in [6.45, 7) is 3.96. The molecule has 1 N–H and O–H groups in total. The van der Waals surface area contributed by atoms with Gasteiger partial charge in [-0.2, -0.15) is 0 Å². The van der Waals surface area contributed by atoms with Gasteiger partial charge < -0.3 is 9.47 Å². The molecule has 0 aromatic heterocycles. The summed E-state index contributed by atoms with van der Waals surface area (Å²) in [5.74, 6) is 1.25. The fraction of sp³-hybridized carbons (Fsp3) is 0.125. The van der Waals surface area contributed by atoms with Crippen molar-refractivity contribution >= 4 is 15.7 Å². The van der Waals surface area contributed by atoms with Gasteiger partial charge in [0.2, 0.25) is 0 Å². The molecule has 5 nitrogen and oxygen atoms in total. The zero-order valence-corrected chi connectivity index (χ0v) is 13.0. The predicted molar refractivity (Wildman–Crippen MR) is 85.9 cm³/mol. The second-order valence-electron chi connectivity index (χ2n) is 4.41. The first kappa shape index (κ1) is 15.9. The molecule has 0 saturated carbocycles. The maximum Gasteiger partial charge on any atom is 0.261 e. The van der Waals surface area contributed by atoms with Crippen LogP contribution < -0.4 is 14.2 Å². The number of methoxy groups -OCH3 is 1. The quantitative estimate of drug-likeness (QED) is 0.797. The van der Waals surface area contributed by atoms with Crippen molar-refractivity contribution in [3.8, 4) is 11.5 Å². The van der Waals surface area contributed by atoms with Crippen molar-refractivity contribution in [2.45, 2.75) is 4.90 Å². The molecule has 0 spiro atoms. The highest BCUT2D eigenvalue weighted by Crippen LogP contribution is 2.21. The highest BCUT2D eigenvalue weighted by atomic mass is 32.2. The Bertz CT molecular complexity index is 722. The summed E-state index contributed by atoms with van der Waals surface area (Å²) in [5.41, 5.74) is 0.460. The van der Waals surface area contributed by atoms with Crippen molar-refractivity contribution in [3.63, 3.8) is 0 Å². The highest BCUT2D eigenvalue weighted by molar-refractivity contribution is 7.92. The molecule has 0 heterocycles. The molecule has 0 bridgehead atoms. The second kappa shape index (κ2) is 7.00. The van der Waals surface area contributed by atoms with Crippen LogP contribution in [-0.2, 0) is 10.0 Å². The first-order valence-corrected chi connectivity index (χ1v) is 8.04. The zero-order valence-electron chi connectivity index (χ0n) is 12.2. The van der Waals surface area contributed by atoms with Crippen molar-refractivity contribution in [1.82, 2.24) is 0 Å². The molecule has 0 radical (unpaired) electrons. The first-order chi connectivity index (χ1) is 10.5. The number of benzene rings is 2. The van der Waals surface area contributed by atoms with Crippen molar-refractivity contribution < 1.29 is 17.9 Å².